The molecule has 3 rings (SSSR count). The summed E-state index contributed by atoms with van der Waals surface area (Å²) < 4.78 is 104. The SMILES string of the molecule is Cc1c(F)c(Oc2cccc(C(=O)N(C)C)c2)nc(Oc2cc(C(=N)N)ccc2NS(=O)(=O)C(F)(F)F)c1F. The number of hydrogen-bond acceptors (Lipinski definition) is 7. The highest BCUT2D eigenvalue weighted by molar-refractivity contribution is 7.93. The molecule has 0 fully saturated rings. The van der Waals surface area contributed by atoms with Crippen LogP contribution in [0.25, 0.3) is 0 Å². The summed E-state index contributed by atoms with van der Waals surface area (Å²) in [6.45, 7) is 0.997. The number of nitrogen functional groups attached to an aromatic ring is 1. The third-order valence-electron chi connectivity index (χ3n) is 4.99. The quantitative estimate of drug-likeness (QED) is 0.204. The van der Waals surface area contributed by atoms with Crippen molar-refractivity contribution in [1.82, 2.24) is 9.88 Å². The maximum absolute atomic E-state index is 14.9. The monoisotopic (exact) mass is 573 g/mol. The van der Waals surface area contributed by atoms with Gasteiger partial charge in [0.25, 0.3) is 17.7 Å². The zero-order chi connectivity index (χ0) is 29.3. The van der Waals surface area contributed by atoms with Crippen molar-refractivity contribution < 1.29 is 44.6 Å². The van der Waals surface area contributed by atoms with Crippen LogP contribution in [-0.2, 0) is 10.0 Å². The van der Waals surface area contributed by atoms with Gasteiger partial charge in [-0.25, -0.2) is 8.78 Å². The van der Waals surface area contributed by atoms with Gasteiger partial charge in [0.05, 0.1) is 5.69 Å². The average molecular weight is 574 g/mol. The summed E-state index contributed by atoms with van der Waals surface area (Å²) in [5.41, 5.74) is -1.74. The molecule has 3 aromatic rings. The molecule has 0 atom stereocenters. The molecule has 0 aliphatic rings. The van der Waals surface area contributed by atoms with E-state index in [4.69, 9.17) is 20.6 Å². The number of ether oxygens (including phenoxy) is 2. The molecule has 2 aromatic carbocycles. The van der Waals surface area contributed by atoms with Crippen molar-refractivity contribution in [2.45, 2.75) is 12.4 Å². The fourth-order valence-corrected chi connectivity index (χ4v) is 3.54. The maximum atomic E-state index is 14.9. The Morgan fingerprint density at radius 3 is 2.21 bits per heavy atom. The van der Waals surface area contributed by atoms with Crippen LogP contribution in [0.1, 0.15) is 21.5 Å². The van der Waals surface area contributed by atoms with E-state index < -0.39 is 67.7 Å². The van der Waals surface area contributed by atoms with Crippen LogP contribution in [0, 0.1) is 24.0 Å². The summed E-state index contributed by atoms with van der Waals surface area (Å²) in [7, 11) is -2.92. The van der Waals surface area contributed by atoms with E-state index in [0.29, 0.717) is 0 Å². The molecule has 0 saturated heterocycles. The van der Waals surface area contributed by atoms with Crippen molar-refractivity contribution in [3.05, 3.63) is 70.8 Å². The second-order valence-corrected chi connectivity index (χ2v) is 9.76. The standard InChI is InChI=1S/C23H20F5N5O5S/c1-11-17(24)20(37-14-6-4-5-13(9-14)22(34)33(2)3)31-21(18(11)25)38-16-10-12(19(29)30)7-8-15(16)32-39(35,36)23(26,27)28/h4-10,32H,1-3H3,(H3,29,30). The molecule has 1 amide bonds. The van der Waals surface area contributed by atoms with Crippen molar-refractivity contribution >= 4 is 27.5 Å². The fourth-order valence-electron chi connectivity index (χ4n) is 2.97. The van der Waals surface area contributed by atoms with Crippen molar-refractivity contribution in [3.63, 3.8) is 0 Å². The molecular formula is C23H20F5N5O5S. The van der Waals surface area contributed by atoms with E-state index in [2.05, 4.69) is 4.98 Å². The van der Waals surface area contributed by atoms with Crippen LogP contribution in [0.2, 0.25) is 0 Å². The van der Waals surface area contributed by atoms with E-state index >= 15 is 0 Å². The van der Waals surface area contributed by atoms with Gasteiger partial charge in [0, 0.05) is 30.8 Å². The molecule has 0 aliphatic heterocycles. The van der Waals surface area contributed by atoms with E-state index in [1.54, 1.807) is 0 Å². The second kappa shape index (κ2) is 10.7. The number of nitrogens with one attached hydrogen (secondary N) is 2. The van der Waals surface area contributed by atoms with Crippen LogP contribution in [0.15, 0.2) is 42.5 Å². The number of rotatable bonds is 8. The van der Waals surface area contributed by atoms with Crippen molar-refractivity contribution in [3.8, 4) is 23.3 Å². The number of amides is 1. The predicted molar refractivity (Wildman–Crippen MR) is 130 cm³/mol. The maximum Gasteiger partial charge on any atom is 0.516 e. The summed E-state index contributed by atoms with van der Waals surface area (Å²) in [6.07, 6.45) is 0. The van der Waals surface area contributed by atoms with Gasteiger partial charge in [-0.2, -0.15) is 26.6 Å². The van der Waals surface area contributed by atoms with Crippen molar-refractivity contribution in [2.24, 2.45) is 5.73 Å². The minimum Gasteiger partial charge on any atom is -0.436 e. The molecule has 4 N–H and O–H groups in total. The minimum absolute atomic E-state index is 0.0664. The van der Waals surface area contributed by atoms with E-state index in [0.717, 1.165) is 25.1 Å². The number of nitrogens with zero attached hydrogens (tertiary/aromatic N) is 2. The lowest BCUT2D eigenvalue weighted by atomic mass is 10.2. The normalized spacial score (nSPS) is 11.6. The summed E-state index contributed by atoms with van der Waals surface area (Å²) in [5, 5.41) is 7.52. The molecule has 10 nitrogen and oxygen atoms in total. The number of sulfonamides is 1. The smallest absolute Gasteiger partial charge is 0.436 e. The zero-order valence-electron chi connectivity index (χ0n) is 20.4. The number of aromatic nitrogens is 1. The molecule has 0 saturated carbocycles. The van der Waals surface area contributed by atoms with Gasteiger partial charge in [-0.05, 0) is 43.3 Å². The number of carbonyl (C=O) groups is 1. The highest BCUT2D eigenvalue weighted by Gasteiger charge is 2.46. The van der Waals surface area contributed by atoms with Crippen LogP contribution in [0.5, 0.6) is 23.3 Å². The highest BCUT2D eigenvalue weighted by Crippen LogP contribution is 2.37. The first kappa shape index (κ1) is 29.1. The summed E-state index contributed by atoms with van der Waals surface area (Å²) >= 11 is 0. The first-order valence-electron chi connectivity index (χ1n) is 10.6. The van der Waals surface area contributed by atoms with Crippen LogP contribution in [-0.4, -0.2) is 49.6 Å². The van der Waals surface area contributed by atoms with Gasteiger partial charge in [0.2, 0.25) is 0 Å². The van der Waals surface area contributed by atoms with Gasteiger partial charge in [0.15, 0.2) is 17.4 Å². The van der Waals surface area contributed by atoms with Gasteiger partial charge >= 0.3 is 15.5 Å². The second-order valence-electron chi connectivity index (χ2n) is 8.08. The lowest BCUT2D eigenvalue weighted by molar-refractivity contribution is -0.0429. The number of anilines is 1. The largest absolute Gasteiger partial charge is 0.516 e. The number of nitrogens with two attached hydrogens (primary N) is 1. The average Bonchev–Trinajstić information content (AvgIpc) is 2.85. The Labute approximate surface area is 218 Å². The molecule has 1 heterocycles. The highest BCUT2D eigenvalue weighted by atomic mass is 32.2. The topological polar surface area (TPSA) is 148 Å². The number of amidine groups is 1. The zero-order valence-corrected chi connectivity index (χ0v) is 21.2. The Bertz CT molecular complexity index is 1560. The number of pyridine rings is 1. The molecular weight excluding hydrogens is 553 g/mol. The number of benzene rings is 2. The molecule has 208 valence electrons. The van der Waals surface area contributed by atoms with E-state index in [-0.39, 0.29) is 16.9 Å². The lowest BCUT2D eigenvalue weighted by Crippen LogP contribution is -2.30. The van der Waals surface area contributed by atoms with Gasteiger partial charge < -0.3 is 20.1 Å². The Morgan fingerprint density at radius 1 is 1.03 bits per heavy atom. The summed E-state index contributed by atoms with van der Waals surface area (Å²) in [6, 6.07) is 8.19. The first-order chi connectivity index (χ1) is 18.0. The molecule has 39 heavy (non-hydrogen) atoms. The van der Waals surface area contributed by atoms with Gasteiger partial charge in [-0.15, -0.1) is 0 Å². The van der Waals surface area contributed by atoms with Crippen molar-refractivity contribution in [1.29, 1.82) is 5.41 Å². The summed E-state index contributed by atoms with van der Waals surface area (Å²) in [5.74, 6) is -6.23. The summed E-state index contributed by atoms with van der Waals surface area (Å²) in [4.78, 5) is 17.1. The van der Waals surface area contributed by atoms with Crippen LogP contribution < -0.4 is 19.9 Å². The third-order valence-corrected chi connectivity index (χ3v) is 6.09. The lowest BCUT2D eigenvalue weighted by Gasteiger charge is -2.17. The van der Waals surface area contributed by atoms with E-state index in [9.17, 15) is 35.2 Å². The molecule has 0 bridgehead atoms. The molecule has 0 aliphatic carbocycles. The van der Waals surface area contributed by atoms with Gasteiger partial charge in [-0.3, -0.25) is 14.9 Å². The molecule has 0 spiro atoms. The van der Waals surface area contributed by atoms with Crippen LogP contribution >= 0.6 is 0 Å². The number of hydrogen-bond donors (Lipinski definition) is 3. The molecule has 0 radical (unpaired) electrons. The Hall–Kier alpha value is -4.47. The Balaban J connectivity index is 2.07. The molecule has 16 heteroatoms. The van der Waals surface area contributed by atoms with E-state index in [1.807, 2.05) is 0 Å². The van der Waals surface area contributed by atoms with Gasteiger partial charge in [0.1, 0.15) is 11.6 Å². The Kier molecular flexibility index (Phi) is 8.00. The number of alkyl halides is 3. The third kappa shape index (κ3) is 6.34. The van der Waals surface area contributed by atoms with Crippen molar-refractivity contribution in [2.75, 3.05) is 18.8 Å². The predicted octanol–water partition coefficient (Wildman–Crippen LogP) is 4.50. The molecule has 1 aromatic heterocycles. The van der Waals surface area contributed by atoms with Gasteiger partial charge in [-0.1, -0.05) is 6.07 Å². The Morgan fingerprint density at radius 2 is 1.64 bits per heavy atom. The number of halogens is 5. The van der Waals surface area contributed by atoms with Crippen LogP contribution in [0.4, 0.5) is 27.6 Å². The first-order valence-corrected chi connectivity index (χ1v) is 12.1. The minimum atomic E-state index is -5.93. The van der Waals surface area contributed by atoms with E-state index in [1.165, 1.54) is 48.0 Å². The molecule has 0 unspecified atom stereocenters. The number of carbonyl (C=O) groups excluding carboxylic acids is 1. The van der Waals surface area contributed by atoms with Crippen LogP contribution in [0.3, 0.4) is 0 Å². The fraction of sp³-hybridized carbons (Fsp3) is 0.174.